The SMILES string of the molecule is CCCCCCOC(=O)C(C(CC)C(=O)[O-])S(=O)(=O)O.[K+]. The van der Waals surface area contributed by atoms with Gasteiger partial charge in [0.1, 0.15) is 0 Å². The minimum Gasteiger partial charge on any atom is -0.550 e. The van der Waals surface area contributed by atoms with Crippen molar-refractivity contribution >= 4 is 22.1 Å². The van der Waals surface area contributed by atoms with Crippen molar-refractivity contribution in [2.24, 2.45) is 5.92 Å². The maximum atomic E-state index is 11.7. The van der Waals surface area contributed by atoms with E-state index in [9.17, 15) is 23.1 Å². The minimum absolute atomic E-state index is 0. The number of carboxylic acids is 1. The Bertz CT molecular complexity index is 421. The Kier molecular flexibility index (Phi) is 13.5. The third-order valence-corrected chi connectivity index (χ3v) is 4.07. The second kappa shape index (κ2) is 12.0. The molecule has 0 heterocycles. The standard InChI is InChI=1S/C12H22O7S.K/c1-3-5-6-7-8-19-12(15)10(20(16,17)18)9(4-2)11(13)14;/h9-10H,3-8H2,1-2H3,(H,13,14)(H,16,17,18);/q;+1/p-1. The fourth-order valence-electron chi connectivity index (χ4n) is 1.78. The first-order chi connectivity index (χ1) is 9.25. The molecule has 2 atom stereocenters. The van der Waals surface area contributed by atoms with Crippen LogP contribution in [-0.2, 0) is 24.4 Å². The van der Waals surface area contributed by atoms with Gasteiger partial charge in [0.15, 0.2) is 5.25 Å². The van der Waals surface area contributed by atoms with E-state index in [2.05, 4.69) is 0 Å². The molecule has 0 spiro atoms. The number of aliphatic carboxylic acids is 1. The number of unbranched alkanes of at least 4 members (excludes halogenated alkanes) is 3. The monoisotopic (exact) mass is 348 g/mol. The van der Waals surface area contributed by atoms with E-state index in [0.717, 1.165) is 19.3 Å². The van der Waals surface area contributed by atoms with Crippen LogP contribution in [0.15, 0.2) is 0 Å². The first kappa shape index (κ1) is 23.7. The third kappa shape index (κ3) is 9.27. The molecule has 0 saturated carbocycles. The summed E-state index contributed by atoms with van der Waals surface area (Å²) in [5.74, 6) is -4.59. The van der Waals surface area contributed by atoms with Gasteiger partial charge in [0.2, 0.25) is 0 Å². The maximum Gasteiger partial charge on any atom is 1.00 e. The summed E-state index contributed by atoms with van der Waals surface area (Å²) in [7, 11) is -4.86. The van der Waals surface area contributed by atoms with E-state index >= 15 is 0 Å². The van der Waals surface area contributed by atoms with Crippen molar-refractivity contribution in [3.05, 3.63) is 0 Å². The van der Waals surface area contributed by atoms with Gasteiger partial charge >= 0.3 is 57.4 Å². The maximum absolute atomic E-state index is 11.7. The number of ether oxygens (including phenoxy) is 1. The smallest absolute Gasteiger partial charge is 0.550 e. The van der Waals surface area contributed by atoms with Gasteiger partial charge in [-0.15, -0.1) is 0 Å². The molecule has 0 aromatic rings. The van der Waals surface area contributed by atoms with Crippen LogP contribution < -0.4 is 56.5 Å². The van der Waals surface area contributed by atoms with E-state index in [-0.39, 0.29) is 64.4 Å². The van der Waals surface area contributed by atoms with Crippen LogP contribution in [0.2, 0.25) is 0 Å². The molecule has 0 aliphatic heterocycles. The van der Waals surface area contributed by atoms with Crippen molar-refractivity contribution in [3.8, 4) is 0 Å². The van der Waals surface area contributed by atoms with Crippen LogP contribution in [-0.4, -0.2) is 36.8 Å². The van der Waals surface area contributed by atoms with Gasteiger partial charge in [0, 0.05) is 11.9 Å². The van der Waals surface area contributed by atoms with Gasteiger partial charge in [-0.25, -0.2) is 0 Å². The molecular formula is C12H21KO7S. The molecule has 0 aliphatic rings. The van der Waals surface area contributed by atoms with E-state index in [1.165, 1.54) is 6.92 Å². The van der Waals surface area contributed by atoms with Crippen LogP contribution in [0, 0.1) is 5.92 Å². The Morgan fingerprint density at radius 2 is 1.76 bits per heavy atom. The summed E-state index contributed by atoms with van der Waals surface area (Å²) >= 11 is 0. The predicted octanol–water partition coefficient (Wildman–Crippen LogP) is -2.85. The summed E-state index contributed by atoms with van der Waals surface area (Å²) in [6.07, 6.45) is 3.15. The molecule has 0 aliphatic carbocycles. The van der Waals surface area contributed by atoms with Gasteiger partial charge in [0.25, 0.3) is 10.1 Å². The molecule has 0 rings (SSSR count). The molecule has 9 heteroatoms. The molecule has 1 N–H and O–H groups in total. The number of esters is 1. The van der Waals surface area contributed by atoms with Gasteiger partial charge in [-0.2, -0.15) is 8.42 Å². The number of hydrogen-bond donors (Lipinski definition) is 1. The van der Waals surface area contributed by atoms with Gasteiger partial charge in [-0.1, -0.05) is 33.1 Å². The molecular weight excluding hydrogens is 327 g/mol. The Hall–Kier alpha value is 0.486. The zero-order valence-electron chi connectivity index (χ0n) is 12.7. The molecule has 21 heavy (non-hydrogen) atoms. The minimum atomic E-state index is -4.86. The van der Waals surface area contributed by atoms with Gasteiger partial charge in [-0.05, 0) is 12.8 Å². The molecule has 0 fully saturated rings. The van der Waals surface area contributed by atoms with Crippen molar-refractivity contribution in [1.82, 2.24) is 0 Å². The summed E-state index contributed by atoms with van der Waals surface area (Å²) in [5.41, 5.74) is 0. The van der Waals surface area contributed by atoms with E-state index < -0.39 is 33.2 Å². The Balaban J connectivity index is 0. The van der Waals surface area contributed by atoms with E-state index in [4.69, 9.17) is 9.29 Å². The fraction of sp³-hybridized carbons (Fsp3) is 0.833. The van der Waals surface area contributed by atoms with E-state index in [1.807, 2.05) is 6.92 Å². The summed E-state index contributed by atoms with van der Waals surface area (Å²) < 4.78 is 36.1. The predicted molar refractivity (Wildman–Crippen MR) is 69.2 cm³/mol. The van der Waals surface area contributed by atoms with Gasteiger partial charge in [-0.3, -0.25) is 9.35 Å². The van der Waals surface area contributed by atoms with Crippen LogP contribution in [0.25, 0.3) is 0 Å². The van der Waals surface area contributed by atoms with Crippen LogP contribution in [0.3, 0.4) is 0 Å². The molecule has 0 aromatic heterocycles. The number of carbonyl (C=O) groups excluding carboxylic acids is 2. The molecule has 7 nitrogen and oxygen atoms in total. The Morgan fingerprint density at radius 1 is 1.19 bits per heavy atom. The van der Waals surface area contributed by atoms with Crippen molar-refractivity contribution in [2.75, 3.05) is 6.61 Å². The molecule has 0 aromatic carbocycles. The summed E-state index contributed by atoms with van der Waals surface area (Å²) in [5, 5.41) is 8.71. The topological polar surface area (TPSA) is 121 Å². The number of carboxylic acid groups (broad SMARTS) is 1. The second-order valence-corrected chi connectivity index (χ2v) is 6.04. The fourth-order valence-corrected chi connectivity index (χ4v) is 2.81. The number of hydrogen-bond acceptors (Lipinski definition) is 6. The quantitative estimate of drug-likeness (QED) is 0.195. The molecule has 2 unspecified atom stereocenters. The number of rotatable bonds is 10. The second-order valence-electron chi connectivity index (χ2n) is 4.50. The zero-order valence-corrected chi connectivity index (χ0v) is 16.6. The van der Waals surface area contributed by atoms with Gasteiger partial charge < -0.3 is 14.6 Å². The van der Waals surface area contributed by atoms with Gasteiger partial charge in [0.05, 0.1) is 6.61 Å². The summed E-state index contributed by atoms with van der Waals surface area (Å²) in [4.78, 5) is 22.5. The molecule has 118 valence electrons. The van der Waals surface area contributed by atoms with Crippen LogP contribution >= 0.6 is 0 Å². The Morgan fingerprint density at radius 3 is 2.14 bits per heavy atom. The van der Waals surface area contributed by atoms with Crippen molar-refractivity contribution in [3.63, 3.8) is 0 Å². The van der Waals surface area contributed by atoms with Crippen molar-refractivity contribution < 1.29 is 83.8 Å². The zero-order chi connectivity index (χ0) is 15.8. The first-order valence-corrected chi connectivity index (χ1v) is 8.09. The molecule has 0 amide bonds. The van der Waals surface area contributed by atoms with Crippen molar-refractivity contribution in [2.45, 2.75) is 51.2 Å². The summed E-state index contributed by atoms with van der Waals surface area (Å²) in [6, 6.07) is 0. The Labute approximate surface area is 168 Å². The van der Waals surface area contributed by atoms with Crippen LogP contribution in [0.4, 0.5) is 0 Å². The van der Waals surface area contributed by atoms with E-state index in [1.54, 1.807) is 0 Å². The first-order valence-electron chi connectivity index (χ1n) is 6.59. The average molecular weight is 348 g/mol. The molecule has 0 bridgehead atoms. The van der Waals surface area contributed by atoms with Crippen molar-refractivity contribution in [1.29, 1.82) is 0 Å². The summed E-state index contributed by atoms with van der Waals surface area (Å²) in [6.45, 7) is 3.38. The largest absolute Gasteiger partial charge is 1.00 e. The third-order valence-electron chi connectivity index (χ3n) is 2.90. The average Bonchev–Trinajstić information content (AvgIpc) is 2.33. The van der Waals surface area contributed by atoms with E-state index in [0.29, 0.717) is 6.42 Å². The normalized spacial score (nSPS) is 13.9. The number of carbonyl (C=O) groups is 2. The van der Waals surface area contributed by atoms with Crippen LogP contribution in [0.5, 0.6) is 0 Å². The van der Waals surface area contributed by atoms with Crippen LogP contribution in [0.1, 0.15) is 46.0 Å². The molecule has 0 saturated heterocycles. The molecule has 0 radical (unpaired) electrons.